The third kappa shape index (κ3) is 5.13. The number of hydrogen-bond donors (Lipinski definition) is 2. The number of amides is 2. The van der Waals surface area contributed by atoms with Gasteiger partial charge in [0, 0.05) is 17.7 Å². The van der Waals surface area contributed by atoms with E-state index in [4.69, 9.17) is 0 Å². The van der Waals surface area contributed by atoms with Gasteiger partial charge in [-0.05, 0) is 30.3 Å². The van der Waals surface area contributed by atoms with Gasteiger partial charge in [0.15, 0.2) is 0 Å². The van der Waals surface area contributed by atoms with Crippen LogP contribution in [-0.2, 0) is 16.1 Å². The van der Waals surface area contributed by atoms with Crippen LogP contribution in [0.2, 0.25) is 0 Å². The molecule has 0 saturated carbocycles. The molecule has 0 unspecified atom stereocenters. The summed E-state index contributed by atoms with van der Waals surface area (Å²) in [6, 6.07) is 15.8. The molecule has 0 fully saturated rings. The van der Waals surface area contributed by atoms with Crippen LogP contribution in [0, 0.1) is 5.82 Å². The molecule has 0 saturated heterocycles. The van der Waals surface area contributed by atoms with Crippen molar-refractivity contribution in [2.45, 2.75) is 19.9 Å². The number of benzene rings is 2. The number of carbonyl (C=O) groups is 2. The molecule has 0 aliphatic heterocycles. The second-order valence-electron chi connectivity index (χ2n) is 6.23. The molecule has 3 rings (SSSR count). The molecule has 2 amide bonds. The molecule has 0 radical (unpaired) electrons. The Morgan fingerprint density at radius 2 is 1.69 bits per heavy atom. The molecule has 3 aromatic rings. The molecule has 0 aliphatic rings. The van der Waals surface area contributed by atoms with Gasteiger partial charge in [-0.25, -0.2) is 9.07 Å². The summed E-state index contributed by atoms with van der Waals surface area (Å²) in [6.07, 6.45) is 0.202. The molecule has 2 N–H and O–H groups in total. The Morgan fingerprint density at radius 3 is 2.34 bits per heavy atom. The first kappa shape index (κ1) is 19.9. The first-order valence-electron chi connectivity index (χ1n) is 8.99. The summed E-state index contributed by atoms with van der Waals surface area (Å²) in [6.45, 7) is 1.30. The second-order valence-corrected chi connectivity index (χ2v) is 6.23. The van der Waals surface area contributed by atoms with Crippen molar-refractivity contribution in [2.24, 2.45) is 0 Å². The van der Waals surface area contributed by atoms with Crippen molar-refractivity contribution in [2.75, 3.05) is 10.6 Å². The van der Waals surface area contributed by atoms with Gasteiger partial charge in [0.25, 0.3) is 5.56 Å². The lowest BCUT2D eigenvalue weighted by Gasteiger charge is -2.12. The van der Waals surface area contributed by atoms with E-state index in [1.54, 1.807) is 19.1 Å². The van der Waals surface area contributed by atoms with E-state index in [-0.39, 0.29) is 24.6 Å². The van der Waals surface area contributed by atoms with Crippen molar-refractivity contribution in [3.63, 3.8) is 0 Å². The zero-order valence-corrected chi connectivity index (χ0v) is 15.7. The molecule has 1 aromatic heterocycles. The average Bonchev–Trinajstić information content (AvgIpc) is 2.73. The van der Waals surface area contributed by atoms with Gasteiger partial charge in [0.2, 0.25) is 11.8 Å². The predicted octanol–water partition coefficient (Wildman–Crippen LogP) is 3.04. The minimum absolute atomic E-state index is 0.0419. The fourth-order valence-corrected chi connectivity index (χ4v) is 2.60. The number of anilines is 2. The van der Waals surface area contributed by atoms with Crippen molar-refractivity contribution in [1.82, 2.24) is 9.78 Å². The van der Waals surface area contributed by atoms with E-state index in [1.807, 2.05) is 18.2 Å². The maximum Gasteiger partial charge on any atom is 0.291 e. The van der Waals surface area contributed by atoms with E-state index in [2.05, 4.69) is 15.7 Å². The monoisotopic (exact) mass is 394 g/mol. The molecule has 0 bridgehead atoms. The molecular formula is C21H19FN4O3. The Kier molecular flexibility index (Phi) is 6.13. The van der Waals surface area contributed by atoms with Crippen LogP contribution >= 0.6 is 0 Å². The van der Waals surface area contributed by atoms with Gasteiger partial charge < -0.3 is 10.6 Å². The number of nitrogens with zero attached hydrogens (tertiary/aromatic N) is 2. The number of carbonyl (C=O) groups excluding carboxylic acids is 2. The molecule has 2 aromatic carbocycles. The summed E-state index contributed by atoms with van der Waals surface area (Å²) < 4.78 is 14.0. The summed E-state index contributed by atoms with van der Waals surface area (Å²) in [5.74, 6) is -1.26. The SMILES string of the molecule is CCC(=O)Nc1cc(-c2ccccc2)nn(CC(=O)Nc2ccc(F)cc2)c1=O. The van der Waals surface area contributed by atoms with Crippen LogP contribution in [0.1, 0.15) is 13.3 Å². The highest BCUT2D eigenvalue weighted by molar-refractivity contribution is 5.92. The van der Waals surface area contributed by atoms with Gasteiger partial charge >= 0.3 is 0 Å². The summed E-state index contributed by atoms with van der Waals surface area (Å²) >= 11 is 0. The zero-order chi connectivity index (χ0) is 20.8. The van der Waals surface area contributed by atoms with E-state index in [0.29, 0.717) is 11.4 Å². The zero-order valence-electron chi connectivity index (χ0n) is 15.7. The van der Waals surface area contributed by atoms with Crippen LogP contribution < -0.4 is 16.2 Å². The van der Waals surface area contributed by atoms with Crippen LogP contribution in [0.25, 0.3) is 11.3 Å². The smallest absolute Gasteiger partial charge is 0.291 e. The highest BCUT2D eigenvalue weighted by Gasteiger charge is 2.14. The van der Waals surface area contributed by atoms with Crippen molar-refractivity contribution in [3.05, 3.63) is 76.8 Å². The molecule has 0 spiro atoms. The van der Waals surface area contributed by atoms with Gasteiger partial charge in [-0.1, -0.05) is 37.3 Å². The van der Waals surface area contributed by atoms with Crippen LogP contribution in [-0.4, -0.2) is 21.6 Å². The standard InChI is InChI=1S/C21H19FN4O3/c1-2-19(27)24-18-12-17(14-6-4-3-5-7-14)25-26(21(18)29)13-20(28)23-16-10-8-15(22)9-11-16/h3-12H,2,13H2,1H3,(H,23,28)(H,24,27). The van der Waals surface area contributed by atoms with Crippen LogP contribution in [0.4, 0.5) is 15.8 Å². The number of hydrogen-bond acceptors (Lipinski definition) is 4. The largest absolute Gasteiger partial charge is 0.324 e. The van der Waals surface area contributed by atoms with Crippen LogP contribution in [0.15, 0.2) is 65.5 Å². The molecule has 8 heteroatoms. The molecule has 0 aliphatic carbocycles. The maximum atomic E-state index is 13.0. The molecule has 29 heavy (non-hydrogen) atoms. The summed E-state index contributed by atoms with van der Waals surface area (Å²) in [4.78, 5) is 36.9. The Morgan fingerprint density at radius 1 is 1.00 bits per heavy atom. The fourth-order valence-electron chi connectivity index (χ4n) is 2.60. The minimum Gasteiger partial charge on any atom is -0.324 e. The lowest BCUT2D eigenvalue weighted by atomic mass is 10.1. The molecule has 148 valence electrons. The van der Waals surface area contributed by atoms with Gasteiger partial charge in [-0.3, -0.25) is 14.4 Å². The quantitative estimate of drug-likeness (QED) is 0.672. The van der Waals surface area contributed by atoms with E-state index >= 15 is 0 Å². The van der Waals surface area contributed by atoms with Gasteiger partial charge in [0.05, 0.1) is 5.69 Å². The lowest BCUT2D eigenvalue weighted by Crippen LogP contribution is -2.32. The number of rotatable bonds is 6. The van der Waals surface area contributed by atoms with Crippen LogP contribution in [0.3, 0.4) is 0 Å². The minimum atomic E-state index is -0.597. The van der Waals surface area contributed by atoms with Gasteiger partial charge in [-0.15, -0.1) is 0 Å². The number of aromatic nitrogens is 2. The number of halogens is 1. The van der Waals surface area contributed by atoms with E-state index in [0.717, 1.165) is 10.2 Å². The molecule has 0 atom stereocenters. The van der Waals surface area contributed by atoms with Crippen molar-refractivity contribution >= 4 is 23.2 Å². The lowest BCUT2D eigenvalue weighted by molar-refractivity contribution is -0.117. The normalized spacial score (nSPS) is 10.4. The molecular weight excluding hydrogens is 375 g/mol. The summed E-state index contributed by atoms with van der Waals surface area (Å²) in [5.41, 5.74) is 1.00. The van der Waals surface area contributed by atoms with Crippen molar-refractivity contribution in [1.29, 1.82) is 0 Å². The topological polar surface area (TPSA) is 93.1 Å². The van der Waals surface area contributed by atoms with E-state index in [9.17, 15) is 18.8 Å². The maximum absolute atomic E-state index is 13.0. The second kappa shape index (κ2) is 8.92. The van der Waals surface area contributed by atoms with Gasteiger partial charge in [0.1, 0.15) is 18.0 Å². The molecule has 7 nitrogen and oxygen atoms in total. The van der Waals surface area contributed by atoms with E-state index in [1.165, 1.54) is 30.3 Å². The Balaban J connectivity index is 1.92. The highest BCUT2D eigenvalue weighted by atomic mass is 19.1. The Labute approximate surface area is 166 Å². The summed E-state index contributed by atoms with van der Waals surface area (Å²) in [5, 5.41) is 9.40. The first-order valence-corrected chi connectivity index (χ1v) is 8.99. The van der Waals surface area contributed by atoms with Crippen molar-refractivity contribution in [3.8, 4) is 11.3 Å². The number of nitrogens with one attached hydrogen (secondary N) is 2. The third-order valence-corrected chi connectivity index (χ3v) is 4.06. The first-order chi connectivity index (χ1) is 14.0. The molecule has 1 heterocycles. The Hall–Kier alpha value is -3.81. The van der Waals surface area contributed by atoms with E-state index < -0.39 is 17.3 Å². The van der Waals surface area contributed by atoms with Crippen molar-refractivity contribution < 1.29 is 14.0 Å². The highest BCUT2D eigenvalue weighted by Crippen LogP contribution is 2.18. The third-order valence-electron chi connectivity index (χ3n) is 4.06. The van der Waals surface area contributed by atoms with Gasteiger partial charge in [-0.2, -0.15) is 5.10 Å². The summed E-state index contributed by atoms with van der Waals surface area (Å²) in [7, 11) is 0. The Bertz CT molecular complexity index is 1080. The van der Waals surface area contributed by atoms with Crippen LogP contribution in [0.5, 0.6) is 0 Å². The predicted molar refractivity (Wildman–Crippen MR) is 108 cm³/mol. The fraction of sp³-hybridized carbons (Fsp3) is 0.143. The average molecular weight is 394 g/mol.